The Kier molecular flexibility index (Phi) is 3.80. The Morgan fingerprint density at radius 3 is 2.72 bits per heavy atom. The number of methoxy groups -OCH3 is 1. The van der Waals surface area contributed by atoms with Gasteiger partial charge in [0.15, 0.2) is 0 Å². The molecule has 2 fully saturated rings. The van der Waals surface area contributed by atoms with E-state index in [1.165, 1.54) is 0 Å². The zero-order valence-electron chi connectivity index (χ0n) is 15.0. The van der Waals surface area contributed by atoms with Gasteiger partial charge in [-0.2, -0.15) is 5.10 Å². The third-order valence-electron chi connectivity index (χ3n) is 5.62. The molecule has 1 N–H and O–H groups in total. The van der Waals surface area contributed by atoms with Crippen molar-refractivity contribution in [3.63, 3.8) is 0 Å². The topological polar surface area (TPSA) is 61.5 Å². The number of hydrogen-bond donors (Lipinski definition) is 1. The number of fused-ring (bicyclic) bond motifs is 1. The van der Waals surface area contributed by atoms with Crippen LogP contribution in [-0.2, 0) is 0 Å². The van der Waals surface area contributed by atoms with Crippen LogP contribution in [0.1, 0.15) is 17.4 Å². The van der Waals surface area contributed by atoms with E-state index in [2.05, 4.69) is 29.1 Å². The smallest absolute Gasteiger partial charge is 0.271 e. The van der Waals surface area contributed by atoms with Crippen LogP contribution in [0.4, 0.5) is 0 Å². The Morgan fingerprint density at radius 2 is 2.04 bits per heavy atom. The highest BCUT2D eigenvalue weighted by molar-refractivity contribution is 5.93. The molecule has 0 radical (unpaired) electrons. The summed E-state index contributed by atoms with van der Waals surface area (Å²) in [7, 11) is 3.80. The Bertz CT molecular complexity index is 785. The van der Waals surface area contributed by atoms with E-state index in [0.29, 0.717) is 11.6 Å². The summed E-state index contributed by atoms with van der Waals surface area (Å²) in [5.41, 5.74) is 2.51. The van der Waals surface area contributed by atoms with E-state index >= 15 is 0 Å². The molecule has 0 bridgehead atoms. The Morgan fingerprint density at radius 1 is 1.28 bits per heavy atom. The van der Waals surface area contributed by atoms with Gasteiger partial charge in [-0.15, -0.1) is 0 Å². The van der Waals surface area contributed by atoms with Crippen LogP contribution in [0.2, 0.25) is 0 Å². The number of nitrogens with one attached hydrogen (secondary N) is 1. The molecule has 0 aliphatic carbocycles. The van der Waals surface area contributed by atoms with Crippen molar-refractivity contribution in [2.75, 3.05) is 40.3 Å². The molecule has 25 heavy (non-hydrogen) atoms. The molecule has 6 heteroatoms. The first kappa shape index (κ1) is 16.1. The number of H-pyrrole nitrogens is 1. The van der Waals surface area contributed by atoms with E-state index in [1.807, 2.05) is 35.2 Å². The van der Waals surface area contributed by atoms with Crippen LogP contribution < -0.4 is 4.74 Å². The van der Waals surface area contributed by atoms with Crippen LogP contribution in [0.15, 0.2) is 30.3 Å². The second-order valence-electron chi connectivity index (χ2n) is 7.63. The monoisotopic (exact) mass is 340 g/mol. The fourth-order valence-electron chi connectivity index (χ4n) is 4.30. The highest BCUT2D eigenvalue weighted by atomic mass is 16.5. The average molecular weight is 340 g/mol. The van der Waals surface area contributed by atoms with E-state index in [1.54, 1.807) is 7.11 Å². The van der Waals surface area contributed by atoms with Crippen LogP contribution in [0.25, 0.3) is 11.3 Å². The van der Waals surface area contributed by atoms with Crippen LogP contribution in [-0.4, -0.2) is 66.2 Å². The molecule has 3 heterocycles. The summed E-state index contributed by atoms with van der Waals surface area (Å²) >= 11 is 0. The lowest BCUT2D eigenvalue weighted by molar-refractivity contribution is 0.0759. The number of nitrogens with zero attached hydrogens (tertiary/aromatic N) is 3. The Balaban J connectivity index is 1.49. The normalized spacial score (nSPS) is 26.0. The van der Waals surface area contributed by atoms with Crippen molar-refractivity contribution >= 4 is 5.91 Å². The van der Waals surface area contributed by atoms with Gasteiger partial charge in [0.25, 0.3) is 5.91 Å². The van der Waals surface area contributed by atoms with Gasteiger partial charge in [-0.3, -0.25) is 9.89 Å². The van der Waals surface area contributed by atoms with E-state index in [4.69, 9.17) is 4.74 Å². The van der Waals surface area contributed by atoms with Gasteiger partial charge in [0.1, 0.15) is 11.4 Å². The van der Waals surface area contributed by atoms with E-state index in [0.717, 1.165) is 43.2 Å². The molecule has 2 atom stereocenters. The van der Waals surface area contributed by atoms with Gasteiger partial charge in [0.2, 0.25) is 0 Å². The summed E-state index contributed by atoms with van der Waals surface area (Å²) in [6.45, 7) is 6.07. The lowest BCUT2D eigenvalue weighted by atomic mass is 9.83. The summed E-state index contributed by atoms with van der Waals surface area (Å²) in [6, 6.07) is 9.52. The largest absolute Gasteiger partial charge is 0.497 e. The minimum atomic E-state index is 0.0468. The van der Waals surface area contributed by atoms with Gasteiger partial charge in [-0.25, -0.2) is 0 Å². The SMILES string of the molecule is COc1ccc(-c2cc(C(=O)N3C[C@@H]4CN(C)C[C@]4(C)C3)[nH]n2)cc1. The third-order valence-corrected chi connectivity index (χ3v) is 5.62. The fourth-order valence-corrected chi connectivity index (χ4v) is 4.30. The predicted octanol–water partition coefficient (Wildman–Crippen LogP) is 2.11. The molecular formula is C19H24N4O2. The number of carbonyl (C=O) groups excluding carboxylic acids is 1. The maximum Gasteiger partial charge on any atom is 0.271 e. The first-order valence-corrected chi connectivity index (χ1v) is 8.66. The van der Waals surface area contributed by atoms with Gasteiger partial charge in [0.05, 0.1) is 12.8 Å². The van der Waals surface area contributed by atoms with Crippen molar-refractivity contribution in [2.24, 2.45) is 11.3 Å². The van der Waals surface area contributed by atoms with Crippen molar-refractivity contribution in [1.82, 2.24) is 20.0 Å². The zero-order valence-corrected chi connectivity index (χ0v) is 15.0. The summed E-state index contributed by atoms with van der Waals surface area (Å²) in [6.07, 6.45) is 0. The van der Waals surface area contributed by atoms with Crippen molar-refractivity contribution in [2.45, 2.75) is 6.92 Å². The molecule has 2 aliphatic rings. The second kappa shape index (κ2) is 5.88. The number of aromatic nitrogens is 2. The highest BCUT2D eigenvalue weighted by Gasteiger charge is 2.49. The Labute approximate surface area is 147 Å². The van der Waals surface area contributed by atoms with E-state index in [9.17, 15) is 4.79 Å². The van der Waals surface area contributed by atoms with Crippen LogP contribution in [0.5, 0.6) is 5.75 Å². The van der Waals surface area contributed by atoms with Crippen molar-refractivity contribution in [3.8, 4) is 17.0 Å². The molecule has 0 saturated carbocycles. The Hall–Kier alpha value is -2.34. The van der Waals surface area contributed by atoms with Gasteiger partial charge in [-0.1, -0.05) is 6.92 Å². The number of carbonyl (C=O) groups is 1. The van der Waals surface area contributed by atoms with Crippen LogP contribution >= 0.6 is 0 Å². The molecule has 2 aromatic rings. The van der Waals surface area contributed by atoms with Crippen molar-refractivity contribution < 1.29 is 9.53 Å². The van der Waals surface area contributed by atoms with Gasteiger partial charge < -0.3 is 14.5 Å². The second-order valence-corrected chi connectivity index (χ2v) is 7.63. The molecule has 2 saturated heterocycles. The fraction of sp³-hybridized carbons (Fsp3) is 0.474. The lowest BCUT2D eigenvalue weighted by Gasteiger charge is -2.23. The van der Waals surface area contributed by atoms with Crippen molar-refractivity contribution in [3.05, 3.63) is 36.0 Å². The molecule has 2 aliphatic heterocycles. The number of likely N-dealkylation sites (tertiary alicyclic amines) is 2. The number of amides is 1. The van der Waals surface area contributed by atoms with Crippen LogP contribution in [0, 0.1) is 11.3 Å². The number of rotatable bonds is 3. The standard InChI is InChI=1S/C19H24N4O2/c1-19-11-22(2)9-14(19)10-23(12-19)18(24)17-8-16(20-21-17)13-4-6-15(25-3)7-5-13/h4-8,14H,9-12H2,1-3H3,(H,20,21)/t14-,19+/m0/s1. The molecule has 1 aromatic carbocycles. The molecule has 0 spiro atoms. The summed E-state index contributed by atoms with van der Waals surface area (Å²) < 4.78 is 5.18. The minimum Gasteiger partial charge on any atom is -0.497 e. The summed E-state index contributed by atoms with van der Waals surface area (Å²) in [4.78, 5) is 17.2. The van der Waals surface area contributed by atoms with Crippen LogP contribution in [0.3, 0.4) is 0 Å². The van der Waals surface area contributed by atoms with Crippen molar-refractivity contribution in [1.29, 1.82) is 0 Å². The first-order valence-electron chi connectivity index (χ1n) is 8.66. The molecular weight excluding hydrogens is 316 g/mol. The average Bonchev–Trinajstić information content (AvgIpc) is 3.26. The lowest BCUT2D eigenvalue weighted by Crippen LogP contribution is -2.34. The summed E-state index contributed by atoms with van der Waals surface area (Å²) in [5, 5.41) is 7.23. The molecule has 1 aromatic heterocycles. The molecule has 6 nitrogen and oxygen atoms in total. The van der Waals surface area contributed by atoms with E-state index in [-0.39, 0.29) is 11.3 Å². The van der Waals surface area contributed by atoms with Gasteiger partial charge >= 0.3 is 0 Å². The van der Waals surface area contributed by atoms with Gasteiger partial charge in [0, 0.05) is 37.2 Å². The molecule has 4 rings (SSSR count). The third kappa shape index (κ3) is 2.80. The summed E-state index contributed by atoms with van der Waals surface area (Å²) in [5.74, 6) is 1.41. The maximum atomic E-state index is 12.9. The number of hydrogen-bond acceptors (Lipinski definition) is 4. The maximum absolute atomic E-state index is 12.9. The quantitative estimate of drug-likeness (QED) is 0.930. The minimum absolute atomic E-state index is 0.0468. The number of benzene rings is 1. The first-order chi connectivity index (χ1) is 12.0. The molecule has 132 valence electrons. The molecule has 1 amide bonds. The number of ether oxygens (including phenoxy) is 1. The zero-order chi connectivity index (χ0) is 17.6. The van der Waals surface area contributed by atoms with E-state index < -0.39 is 0 Å². The van der Waals surface area contributed by atoms with Gasteiger partial charge in [-0.05, 0) is 43.3 Å². The predicted molar refractivity (Wildman–Crippen MR) is 95.6 cm³/mol. The molecule has 0 unspecified atom stereocenters. The highest BCUT2D eigenvalue weighted by Crippen LogP contribution is 2.41. The number of aromatic amines is 1.